The highest BCUT2D eigenvalue weighted by atomic mass is 35.5. The highest BCUT2D eigenvalue weighted by Gasteiger charge is 2.17. The quantitative estimate of drug-likeness (QED) is 0.770. The molecule has 2 aromatic rings. The molecule has 0 spiro atoms. The van der Waals surface area contributed by atoms with Crippen molar-refractivity contribution in [2.75, 3.05) is 14.2 Å². The van der Waals surface area contributed by atoms with E-state index in [1.165, 1.54) is 14.2 Å². The van der Waals surface area contributed by atoms with E-state index >= 15 is 0 Å². The summed E-state index contributed by atoms with van der Waals surface area (Å²) in [6.45, 7) is 0. The van der Waals surface area contributed by atoms with Crippen molar-refractivity contribution in [2.24, 2.45) is 0 Å². The van der Waals surface area contributed by atoms with Crippen molar-refractivity contribution >= 4 is 28.5 Å². The third-order valence-corrected chi connectivity index (χ3v) is 2.73. The number of halogens is 1. The zero-order valence-electron chi connectivity index (χ0n) is 9.36. The molecule has 0 saturated carbocycles. The molecule has 4 nitrogen and oxygen atoms in total. The predicted octanol–water partition coefficient (Wildman–Crippen LogP) is 2.68. The Labute approximate surface area is 103 Å². The summed E-state index contributed by atoms with van der Waals surface area (Å²) in [5, 5.41) is 1.09. The van der Waals surface area contributed by atoms with Gasteiger partial charge in [0.25, 0.3) is 0 Å². The van der Waals surface area contributed by atoms with Crippen molar-refractivity contribution in [1.29, 1.82) is 0 Å². The molecule has 0 fully saturated rings. The van der Waals surface area contributed by atoms with Gasteiger partial charge in [0.1, 0.15) is 11.3 Å². The van der Waals surface area contributed by atoms with Crippen LogP contribution in [0.1, 0.15) is 10.4 Å². The zero-order valence-corrected chi connectivity index (χ0v) is 10.1. The van der Waals surface area contributed by atoms with E-state index in [4.69, 9.17) is 16.3 Å². The summed E-state index contributed by atoms with van der Waals surface area (Å²) in [7, 11) is 2.79. The first-order valence-corrected chi connectivity index (χ1v) is 5.26. The van der Waals surface area contributed by atoms with Crippen LogP contribution in [-0.2, 0) is 4.74 Å². The van der Waals surface area contributed by atoms with Gasteiger partial charge in [-0.05, 0) is 18.2 Å². The van der Waals surface area contributed by atoms with Gasteiger partial charge in [-0.15, -0.1) is 0 Å². The third kappa shape index (κ3) is 1.91. The smallest absolute Gasteiger partial charge is 0.341 e. The van der Waals surface area contributed by atoms with Crippen LogP contribution in [0, 0.1) is 0 Å². The number of carbonyl (C=O) groups is 1. The van der Waals surface area contributed by atoms with Crippen molar-refractivity contribution < 1.29 is 14.3 Å². The minimum atomic E-state index is -0.469. The van der Waals surface area contributed by atoms with Gasteiger partial charge >= 0.3 is 5.97 Å². The molecule has 1 heterocycles. The predicted molar refractivity (Wildman–Crippen MR) is 64.6 cm³/mol. The molecule has 0 radical (unpaired) electrons. The van der Waals surface area contributed by atoms with Crippen LogP contribution in [0.25, 0.3) is 10.9 Å². The molecule has 2 rings (SSSR count). The number of ether oxygens (including phenoxy) is 2. The van der Waals surface area contributed by atoms with Crippen LogP contribution in [0.15, 0.2) is 24.4 Å². The summed E-state index contributed by atoms with van der Waals surface area (Å²) in [5.41, 5.74) is 0.999. The molecule has 17 heavy (non-hydrogen) atoms. The monoisotopic (exact) mass is 251 g/mol. The topological polar surface area (TPSA) is 48.4 Å². The lowest BCUT2D eigenvalue weighted by atomic mass is 10.1. The number of fused-ring (bicyclic) bond motifs is 1. The van der Waals surface area contributed by atoms with Crippen molar-refractivity contribution in [3.05, 3.63) is 35.0 Å². The zero-order chi connectivity index (χ0) is 12.4. The van der Waals surface area contributed by atoms with Crippen molar-refractivity contribution in [2.45, 2.75) is 0 Å². The van der Waals surface area contributed by atoms with Crippen molar-refractivity contribution in [1.82, 2.24) is 4.98 Å². The molecule has 88 valence electrons. The summed E-state index contributed by atoms with van der Waals surface area (Å²) in [6.07, 6.45) is 1.60. The molecule has 0 aliphatic heterocycles. The van der Waals surface area contributed by atoms with Crippen LogP contribution in [0.5, 0.6) is 5.75 Å². The fourth-order valence-corrected chi connectivity index (χ4v) is 1.90. The summed E-state index contributed by atoms with van der Waals surface area (Å²) in [4.78, 5) is 15.7. The Morgan fingerprint density at radius 2 is 2.06 bits per heavy atom. The molecule has 1 aromatic carbocycles. The van der Waals surface area contributed by atoms with Crippen LogP contribution in [0.4, 0.5) is 0 Å². The summed E-state index contributed by atoms with van der Waals surface area (Å²) in [6, 6.07) is 4.96. The molecule has 0 bridgehead atoms. The molecule has 0 saturated heterocycles. The maximum Gasteiger partial charge on any atom is 0.341 e. The minimum Gasteiger partial charge on any atom is -0.495 e. The maximum absolute atomic E-state index is 11.6. The van der Waals surface area contributed by atoms with Gasteiger partial charge in [0, 0.05) is 6.20 Å². The third-order valence-electron chi connectivity index (χ3n) is 2.42. The fraction of sp³-hybridized carbons (Fsp3) is 0.167. The molecule has 0 aliphatic rings. The van der Waals surface area contributed by atoms with E-state index in [2.05, 4.69) is 9.72 Å². The number of nitrogens with zero attached hydrogens (tertiary/aromatic N) is 1. The van der Waals surface area contributed by atoms with Crippen LogP contribution in [-0.4, -0.2) is 25.2 Å². The van der Waals surface area contributed by atoms with Gasteiger partial charge in [0.15, 0.2) is 0 Å². The second kappa shape index (κ2) is 4.59. The lowest BCUT2D eigenvalue weighted by Gasteiger charge is -2.10. The van der Waals surface area contributed by atoms with E-state index in [0.717, 1.165) is 0 Å². The van der Waals surface area contributed by atoms with Gasteiger partial charge in [-0.25, -0.2) is 4.79 Å². The number of methoxy groups -OCH3 is 2. The normalized spacial score (nSPS) is 10.3. The molecular weight excluding hydrogens is 242 g/mol. The number of rotatable bonds is 2. The second-order valence-electron chi connectivity index (χ2n) is 3.32. The van der Waals surface area contributed by atoms with Gasteiger partial charge < -0.3 is 9.47 Å². The summed E-state index contributed by atoms with van der Waals surface area (Å²) in [5.74, 6) is -0.0869. The molecule has 0 aliphatic carbocycles. The number of carbonyl (C=O) groups excluding carboxylic acids is 1. The Bertz CT molecular complexity index is 583. The van der Waals surface area contributed by atoms with Crippen LogP contribution < -0.4 is 4.74 Å². The molecule has 5 heteroatoms. The number of benzene rings is 1. The SMILES string of the molecule is COC(=O)c1ccc2nccc(Cl)c2c1OC. The Balaban J connectivity index is 2.81. The van der Waals surface area contributed by atoms with Gasteiger partial charge in [0.05, 0.1) is 30.1 Å². The first-order chi connectivity index (χ1) is 8.19. The van der Waals surface area contributed by atoms with Crippen LogP contribution >= 0.6 is 11.6 Å². The Morgan fingerprint density at radius 3 is 2.71 bits per heavy atom. The lowest BCUT2D eigenvalue weighted by molar-refractivity contribution is 0.0597. The molecule has 0 atom stereocenters. The van der Waals surface area contributed by atoms with Crippen molar-refractivity contribution in [3.8, 4) is 5.75 Å². The standard InChI is InChI=1S/C12H10ClNO3/c1-16-11-7(12(15)17-2)3-4-9-10(11)8(13)5-6-14-9/h3-6H,1-2H3. The molecule has 0 amide bonds. The Morgan fingerprint density at radius 1 is 1.29 bits per heavy atom. The largest absolute Gasteiger partial charge is 0.495 e. The molecule has 1 aromatic heterocycles. The van der Waals surface area contributed by atoms with E-state index in [1.807, 2.05) is 0 Å². The highest BCUT2D eigenvalue weighted by Crippen LogP contribution is 2.34. The van der Waals surface area contributed by atoms with E-state index in [0.29, 0.717) is 27.2 Å². The summed E-state index contributed by atoms with van der Waals surface area (Å²) < 4.78 is 9.92. The number of esters is 1. The van der Waals surface area contributed by atoms with E-state index in [-0.39, 0.29) is 0 Å². The number of aromatic nitrogens is 1. The van der Waals surface area contributed by atoms with Crippen molar-refractivity contribution in [3.63, 3.8) is 0 Å². The first kappa shape index (κ1) is 11.7. The van der Waals surface area contributed by atoms with Gasteiger partial charge in [-0.3, -0.25) is 4.98 Å². The average molecular weight is 252 g/mol. The minimum absolute atomic E-state index is 0.331. The highest BCUT2D eigenvalue weighted by molar-refractivity contribution is 6.36. The van der Waals surface area contributed by atoms with Gasteiger partial charge in [0.2, 0.25) is 0 Å². The maximum atomic E-state index is 11.6. The van der Waals surface area contributed by atoms with E-state index in [9.17, 15) is 4.79 Å². The average Bonchev–Trinajstić information content (AvgIpc) is 2.36. The number of pyridine rings is 1. The first-order valence-electron chi connectivity index (χ1n) is 4.88. The molecular formula is C12H10ClNO3. The number of hydrogen-bond acceptors (Lipinski definition) is 4. The van der Waals surface area contributed by atoms with E-state index in [1.54, 1.807) is 24.4 Å². The van der Waals surface area contributed by atoms with Gasteiger partial charge in [-0.2, -0.15) is 0 Å². The lowest BCUT2D eigenvalue weighted by Crippen LogP contribution is -2.04. The van der Waals surface area contributed by atoms with Crippen LogP contribution in [0.2, 0.25) is 5.02 Å². The Kier molecular flexibility index (Phi) is 3.15. The number of hydrogen-bond donors (Lipinski definition) is 0. The second-order valence-corrected chi connectivity index (χ2v) is 3.73. The fourth-order valence-electron chi connectivity index (χ4n) is 1.66. The molecule has 0 unspecified atom stereocenters. The van der Waals surface area contributed by atoms with E-state index < -0.39 is 5.97 Å². The Hall–Kier alpha value is -1.81. The van der Waals surface area contributed by atoms with Crippen LogP contribution in [0.3, 0.4) is 0 Å². The van der Waals surface area contributed by atoms with Gasteiger partial charge in [-0.1, -0.05) is 11.6 Å². The summed E-state index contributed by atoms with van der Waals surface area (Å²) >= 11 is 6.09. The molecule has 0 N–H and O–H groups in total.